The van der Waals surface area contributed by atoms with E-state index in [0.717, 1.165) is 43.6 Å². The average Bonchev–Trinajstić information content (AvgIpc) is 2.85. The highest BCUT2D eigenvalue weighted by molar-refractivity contribution is 7.87. The Bertz CT molecular complexity index is 1470. The summed E-state index contributed by atoms with van der Waals surface area (Å²) in [6.07, 6.45) is 9.00. The fraction of sp³-hybridized carbons (Fsp3) is 0.296. The van der Waals surface area contributed by atoms with Crippen LogP contribution in [0.1, 0.15) is 33.3 Å². The summed E-state index contributed by atoms with van der Waals surface area (Å²) in [4.78, 5) is 0.874. The predicted molar refractivity (Wildman–Crippen MR) is 148 cm³/mol. The third-order valence-corrected chi connectivity index (χ3v) is 8.17. The fourth-order valence-corrected chi connectivity index (χ4v) is 6.13. The minimum atomic E-state index is -4.91. The SMILES string of the molecule is CCN(CC)c1ccc(-c2c(S(=O)(=O)O)ccc(C=C3C=CC(=[N+](CC)CC)C=C3)c2S(=O)(=O)O)cc1. The van der Waals surface area contributed by atoms with Crippen molar-refractivity contribution in [2.24, 2.45) is 0 Å². The molecule has 0 atom stereocenters. The number of hydrogen-bond donors (Lipinski definition) is 2. The Morgan fingerprint density at radius 3 is 1.81 bits per heavy atom. The number of nitrogens with zero attached hydrogens (tertiary/aromatic N) is 2. The van der Waals surface area contributed by atoms with Crippen LogP contribution in [0.2, 0.25) is 0 Å². The van der Waals surface area contributed by atoms with Crippen LogP contribution < -0.4 is 4.90 Å². The molecule has 0 saturated carbocycles. The zero-order valence-electron chi connectivity index (χ0n) is 21.4. The van der Waals surface area contributed by atoms with Gasteiger partial charge in [0.25, 0.3) is 20.2 Å². The van der Waals surface area contributed by atoms with Crippen molar-refractivity contribution in [3.63, 3.8) is 0 Å². The lowest BCUT2D eigenvalue weighted by molar-refractivity contribution is -0.519. The zero-order valence-corrected chi connectivity index (χ0v) is 23.1. The van der Waals surface area contributed by atoms with Gasteiger partial charge in [0.15, 0.2) is 5.71 Å². The van der Waals surface area contributed by atoms with Gasteiger partial charge in [-0.1, -0.05) is 18.2 Å². The van der Waals surface area contributed by atoms with Gasteiger partial charge in [-0.2, -0.15) is 16.8 Å². The zero-order chi connectivity index (χ0) is 27.4. The molecule has 2 aromatic rings. The Hall–Kier alpha value is -3.05. The van der Waals surface area contributed by atoms with Crippen molar-refractivity contribution >= 4 is 37.7 Å². The summed E-state index contributed by atoms with van der Waals surface area (Å²) < 4.78 is 72.1. The Morgan fingerprint density at radius 2 is 1.35 bits per heavy atom. The fourth-order valence-electron chi connectivity index (χ4n) is 4.44. The lowest BCUT2D eigenvalue weighted by atomic mass is 9.99. The number of allylic oxidation sites excluding steroid dienone is 5. The number of hydrogen-bond acceptors (Lipinski definition) is 5. The van der Waals surface area contributed by atoms with E-state index >= 15 is 0 Å². The highest BCUT2D eigenvalue weighted by Gasteiger charge is 2.28. The minimum absolute atomic E-state index is 0.0910. The first-order valence-electron chi connectivity index (χ1n) is 12.1. The Balaban J connectivity index is 2.26. The molecule has 1 aliphatic carbocycles. The number of anilines is 1. The second kappa shape index (κ2) is 11.6. The summed E-state index contributed by atoms with van der Waals surface area (Å²) in [6, 6.07) is 9.05. The van der Waals surface area contributed by atoms with Gasteiger partial charge in [0.1, 0.15) is 22.9 Å². The van der Waals surface area contributed by atoms with E-state index in [2.05, 4.69) is 23.3 Å². The second-order valence-corrected chi connectivity index (χ2v) is 11.2. The molecule has 0 unspecified atom stereocenters. The first-order valence-corrected chi connectivity index (χ1v) is 15.0. The monoisotopic (exact) mass is 545 g/mol. The van der Waals surface area contributed by atoms with Gasteiger partial charge in [-0.05, 0) is 80.8 Å². The number of benzene rings is 2. The van der Waals surface area contributed by atoms with Crippen molar-refractivity contribution in [2.45, 2.75) is 37.5 Å². The average molecular weight is 546 g/mol. The second-order valence-electron chi connectivity index (χ2n) is 8.43. The highest BCUT2D eigenvalue weighted by atomic mass is 32.2. The van der Waals surface area contributed by atoms with Gasteiger partial charge in [0.2, 0.25) is 0 Å². The van der Waals surface area contributed by atoms with Gasteiger partial charge in [-0.3, -0.25) is 9.11 Å². The molecule has 3 rings (SSSR count). The molecule has 37 heavy (non-hydrogen) atoms. The van der Waals surface area contributed by atoms with Crippen LogP contribution in [0.3, 0.4) is 0 Å². The van der Waals surface area contributed by atoms with Gasteiger partial charge >= 0.3 is 0 Å². The van der Waals surface area contributed by atoms with Crippen LogP contribution in [0.25, 0.3) is 17.2 Å². The van der Waals surface area contributed by atoms with Gasteiger partial charge in [0.05, 0.1) is 0 Å². The van der Waals surface area contributed by atoms with Gasteiger partial charge < -0.3 is 4.90 Å². The molecule has 2 aromatic carbocycles. The molecule has 0 aromatic heterocycles. The summed E-state index contributed by atoms with van der Waals surface area (Å²) in [6.45, 7) is 11.3. The van der Waals surface area contributed by atoms with E-state index in [4.69, 9.17) is 0 Å². The van der Waals surface area contributed by atoms with E-state index < -0.39 is 30.0 Å². The summed E-state index contributed by atoms with van der Waals surface area (Å²) in [5.41, 5.74) is 2.56. The standard InChI is InChI=1S/C27H32N2O6S2/c1-5-28(6-2)23-14-9-20(10-15-23)19-22-13-18-25(36(30,31)32)26(27(22)37(33,34)35)21-11-16-24(17-12-21)29(7-3)8-4/h9-19H,5-8H2,1-4H3,(H-,30,31,32,33,34,35)/p+1. The van der Waals surface area contributed by atoms with Crippen LogP contribution in [-0.4, -0.2) is 62.4 Å². The van der Waals surface area contributed by atoms with E-state index in [0.29, 0.717) is 5.57 Å². The molecule has 1 aliphatic rings. The highest BCUT2D eigenvalue weighted by Crippen LogP contribution is 2.38. The molecule has 0 fully saturated rings. The molecule has 0 saturated heterocycles. The molecule has 0 aliphatic heterocycles. The molecule has 0 radical (unpaired) electrons. The van der Waals surface area contributed by atoms with Crippen molar-refractivity contribution in [1.29, 1.82) is 0 Å². The van der Waals surface area contributed by atoms with Crippen LogP contribution in [0.5, 0.6) is 0 Å². The Morgan fingerprint density at radius 1 is 0.784 bits per heavy atom. The van der Waals surface area contributed by atoms with E-state index in [1.807, 2.05) is 38.2 Å². The maximum absolute atomic E-state index is 12.7. The third kappa shape index (κ3) is 6.45. The van der Waals surface area contributed by atoms with E-state index in [1.165, 1.54) is 6.07 Å². The molecular weight excluding hydrogens is 512 g/mol. The van der Waals surface area contributed by atoms with E-state index in [1.54, 1.807) is 30.3 Å². The van der Waals surface area contributed by atoms with Crippen molar-refractivity contribution in [1.82, 2.24) is 0 Å². The summed E-state index contributed by atoms with van der Waals surface area (Å²) in [5, 5.41) is 0. The maximum Gasteiger partial charge on any atom is 0.295 e. The van der Waals surface area contributed by atoms with Crippen LogP contribution in [0.4, 0.5) is 5.69 Å². The summed E-state index contributed by atoms with van der Waals surface area (Å²) in [7, 11) is -9.72. The predicted octanol–water partition coefficient (Wildman–Crippen LogP) is 4.70. The topological polar surface area (TPSA) is 115 Å². The van der Waals surface area contributed by atoms with Crippen LogP contribution in [0, 0.1) is 0 Å². The van der Waals surface area contributed by atoms with Crippen LogP contribution >= 0.6 is 0 Å². The first kappa shape index (κ1) is 28.5. The lowest BCUT2D eigenvalue weighted by Crippen LogP contribution is -2.21. The lowest BCUT2D eigenvalue weighted by Gasteiger charge is -2.21. The molecule has 0 spiro atoms. The van der Waals surface area contributed by atoms with Crippen molar-refractivity contribution < 1.29 is 30.5 Å². The van der Waals surface area contributed by atoms with Gasteiger partial charge in [-0.25, -0.2) is 4.58 Å². The quantitative estimate of drug-likeness (QED) is 0.347. The molecule has 8 nitrogen and oxygen atoms in total. The third-order valence-electron chi connectivity index (χ3n) is 6.31. The summed E-state index contributed by atoms with van der Waals surface area (Å²) in [5.74, 6) is 0. The van der Waals surface area contributed by atoms with E-state index in [-0.39, 0.29) is 16.7 Å². The molecule has 10 heteroatoms. The summed E-state index contributed by atoms with van der Waals surface area (Å²) >= 11 is 0. The van der Waals surface area contributed by atoms with Crippen molar-refractivity contribution in [3.05, 3.63) is 71.8 Å². The van der Waals surface area contributed by atoms with Crippen LogP contribution in [0.15, 0.2) is 76.1 Å². The smallest absolute Gasteiger partial charge is 0.295 e. The Kier molecular flexibility index (Phi) is 8.91. The number of rotatable bonds is 9. The normalized spacial score (nSPS) is 13.7. The molecule has 2 N–H and O–H groups in total. The molecular formula is C27H33N2O6S2+. The van der Waals surface area contributed by atoms with Crippen molar-refractivity contribution in [2.75, 3.05) is 31.1 Å². The Labute approximate surface area is 219 Å². The first-order chi connectivity index (χ1) is 17.4. The molecule has 0 heterocycles. The van der Waals surface area contributed by atoms with Crippen LogP contribution in [-0.2, 0) is 20.2 Å². The molecule has 198 valence electrons. The largest absolute Gasteiger partial charge is 0.372 e. The van der Waals surface area contributed by atoms with Crippen molar-refractivity contribution in [3.8, 4) is 11.1 Å². The maximum atomic E-state index is 12.7. The molecule has 0 bridgehead atoms. The van der Waals surface area contributed by atoms with E-state index in [9.17, 15) is 25.9 Å². The van der Waals surface area contributed by atoms with Gasteiger partial charge in [0, 0.05) is 36.5 Å². The van der Waals surface area contributed by atoms with Gasteiger partial charge in [-0.15, -0.1) is 0 Å². The molecule has 0 amide bonds. The minimum Gasteiger partial charge on any atom is -0.372 e.